The highest BCUT2D eigenvalue weighted by molar-refractivity contribution is 5.98. The SMILES string of the molecule is CCN(Cc1ccccc1)C(=O)c1ccnc(C(=O)N2CCN(C=O)CC2)c1. The zero-order valence-corrected chi connectivity index (χ0v) is 16.0. The first-order valence-corrected chi connectivity index (χ1v) is 9.40. The van der Waals surface area contributed by atoms with Crippen LogP contribution in [0.15, 0.2) is 48.7 Å². The molecular formula is C21H24N4O3. The van der Waals surface area contributed by atoms with Crippen molar-refractivity contribution in [2.24, 2.45) is 0 Å². The molecule has 0 unspecified atom stereocenters. The predicted octanol–water partition coefficient (Wildman–Crippen LogP) is 1.66. The van der Waals surface area contributed by atoms with Crippen molar-refractivity contribution < 1.29 is 14.4 Å². The Balaban J connectivity index is 1.71. The molecule has 1 aliphatic heterocycles. The minimum atomic E-state index is -0.216. The molecular weight excluding hydrogens is 356 g/mol. The normalized spacial score (nSPS) is 13.9. The van der Waals surface area contributed by atoms with E-state index in [2.05, 4.69) is 4.98 Å². The molecule has 0 bridgehead atoms. The second-order valence-corrected chi connectivity index (χ2v) is 6.67. The number of benzene rings is 1. The monoisotopic (exact) mass is 380 g/mol. The Kier molecular flexibility index (Phi) is 6.37. The highest BCUT2D eigenvalue weighted by Crippen LogP contribution is 2.13. The molecule has 28 heavy (non-hydrogen) atoms. The van der Waals surface area contributed by atoms with E-state index >= 15 is 0 Å². The van der Waals surface area contributed by atoms with Crippen molar-refractivity contribution in [1.82, 2.24) is 19.7 Å². The van der Waals surface area contributed by atoms with Crippen molar-refractivity contribution in [2.75, 3.05) is 32.7 Å². The van der Waals surface area contributed by atoms with Crippen LogP contribution in [0.4, 0.5) is 0 Å². The number of nitrogens with zero attached hydrogens (tertiary/aromatic N) is 4. The molecule has 1 aromatic heterocycles. The first kappa shape index (κ1) is 19.5. The van der Waals surface area contributed by atoms with Crippen molar-refractivity contribution in [3.63, 3.8) is 0 Å². The lowest BCUT2D eigenvalue weighted by Crippen LogP contribution is -2.48. The number of carbonyl (C=O) groups is 3. The Morgan fingerprint density at radius 3 is 2.46 bits per heavy atom. The molecule has 1 saturated heterocycles. The first-order chi connectivity index (χ1) is 13.6. The molecule has 1 fully saturated rings. The van der Waals surface area contributed by atoms with E-state index in [1.165, 1.54) is 6.20 Å². The summed E-state index contributed by atoms with van der Waals surface area (Å²) in [7, 11) is 0. The number of pyridine rings is 1. The van der Waals surface area contributed by atoms with E-state index < -0.39 is 0 Å². The second-order valence-electron chi connectivity index (χ2n) is 6.67. The lowest BCUT2D eigenvalue weighted by atomic mass is 10.1. The van der Waals surface area contributed by atoms with Crippen LogP contribution in [0, 0.1) is 0 Å². The van der Waals surface area contributed by atoms with Gasteiger partial charge >= 0.3 is 0 Å². The molecule has 0 N–H and O–H groups in total. The van der Waals surface area contributed by atoms with Gasteiger partial charge in [0.2, 0.25) is 6.41 Å². The fraction of sp³-hybridized carbons (Fsp3) is 0.333. The number of rotatable bonds is 6. The number of carbonyl (C=O) groups excluding carboxylic acids is 3. The Morgan fingerprint density at radius 2 is 1.82 bits per heavy atom. The molecule has 1 aliphatic rings. The van der Waals surface area contributed by atoms with Gasteiger partial charge < -0.3 is 14.7 Å². The minimum absolute atomic E-state index is 0.131. The van der Waals surface area contributed by atoms with Gasteiger partial charge in [0.15, 0.2) is 0 Å². The second kappa shape index (κ2) is 9.12. The van der Waals surface area contributed by atoms with Crippen LogP contribution in [-0.2, 0) is 11.3 Å². The third kappa shape index (κ3) is 4.54. The third-order valence-corrected chi connectivity index (χ3v) is 4.86. The molecule has 0 atom stereocenters. The Labute approximate surface area is 164 Å². The summed E-state index contributed by atoms with van der Waals surface area (Å²) >= 11 is 0. The standard InChI is InChI=1S/C21H24N4O3/c1-2-24(15-17-6-4-3-5-7-17)20(27)18-8-9-22-19(14-18)21(28)25-12-10-23(16-26)11-13-25/h3-9,14,16H,2,10-13,15H2,1H3. The fourth-order valence-electron chi connectivity index (χ4n) is 3.19. The average Bonchev–Trinajstić information content (AvgIpc) is 2.77. The molecule has 0 saturated carbocycles. The average molecular weight is 380 g/mol. The van der Waals surface area contributed by atoms with Crippen LogP contribution in [0.5, 0.6) is 0 Å². The minimum Gasteiger partial charge on any atom is -0.342 e. The number of hydrogen-bond acceptors (Lipinski definition) is 4. The topological polar surface area (TPSA) is 73.8 Å². The van der Waals surface area contributed by atoms with Crippen LogP contribution < -0.4 is 0 Å². The highest BCUT2D eigenvalue weighted by Gasteiger charge is 2.23. The van der Waals surface area contributed by atoms with Crippen LogP contribution >= 0.6 is 0 Å². The Hall–Kier alpha value is -3.22. The number of amides is 3. The molecule has 1 aromatic carbocycles. The summed E-state index contributed by atoms with van der Waals surface area (Å²) in [6.45, 7) is 4.95. The maximum Gasteiger partial charge on any atom is 0.272 e. The number of hydrogen-bond donors (Lipinski definition) is 0. The molecule has 0 aliphatic carbocycles. The van der Waals surface area contributed by atoms with Gasteiger partial charge in [-0.1, -0.05) is 30.3 Å². The van der Waals surface area contributed by atoms with Gasteiger partial charge in [-0.05, 0) is 24.6 Å². The first-order valence-electron chi connectivity index (χ1n) is 9.40. The van der Waals surface area contributed by atoms with Crippen molar-refractivity contribution in [3.05, 3.63) is 65.5 Å². The molecule has 0 radical (unpaired) electrons. The Bertz CT molecular complexity index is 833. The summed E-state index contributed by atoms with van der Waals surface area (Å²) in [4.78, 5) is 45.7. The summed E-state index contributed by atoms with van der Waals surface area (Å²) in [6, 6.07) is 13.0. The van der Waals surface area contributed by atoms with Crippen LogP contribution in [0.3, 0.4) is 0 Å². The largest absolute Gasteiger partial charge is 0.342 e. The summed E-state index contributed by atoms with van der Waals surface area (Å²) < 4.78 is 0. The summed E-state index contributed by atoms with van der Waals surface area (Å²) in [6.07, 6.45) is 2.30. The van der Waals surface area contributed by atoms with Gasteiger partial charge in [0.25, 0.3) is 11.8 Å². The van der Waals surface area contributed by atoms with Gasteiger partial charge in [0, 0.05) is 51.0 Å². The summed E-state index contributed by atoms with van der Waals surface area (Å²) in [5.74, 6) is -0.347. The molecule has 146 valence electrons. The Morgan fingerprint density at radius 1 is 1.11 bits per heavy atom. The van der Waals surface area contributed by atoms with Gasteiger partial charge in [-0.3, -0.25) is 19.4 Å². The van der Waals surface area contributed by atoms with Crippen molar-refractivity contribution in [1.29, 1.82) is 0 Å². The fourth-order valence-corrected chi connectivity index (χ4v) is 3.19. The van der Waals surface area contributed by atoms with Gasteiger partial charge in [0.1, 0.15) is 5.69 Å². The van der Waals surface area contributed by atoms with Crippen LogP contribution in [0.2, 0.25) is 0 Å². The summed E-state index contributed by atoms with van der Waals surface area (Å²) in [5.41, 5.74) is 1.75. The summed E-state index contributed by atoms with van der Waals surface area (Å²) in [5, 5.41) is 0. The van der Waals surface area contributed by atoms with Crippen molar-refractivity contribution in [2.45, 2.75) is 13.5 Å². The smallest absolute Gasteiger partial charge is 0.272 e. The molecule has 0 spiro atoms. The van der Waals surface area contributed by atoms with Crippen molar-refractivity contribution >= 4 is 18.2 Å². The van der Waals surface area contributed by atoms with Gasteiger partial charge in [-0.2, -0.15) is 0 Å². The molecule has 7 heteroatoms. The quantitative estimate of drug-likeness (QED) is 0.715. The van der Waals surface area contributed by atoms with E-state index in [0.29, 0.717) is 44.8 Å². The van der Waals surface area contributed by atoms with Gasteiger partial charge in [-0.15, -0.1) is 0 Å². The lowest BCUT2D eigenvalue weighted by Gasteiger charge is -2.32. The zero-order valence-electron chi connectivity index (χ0n) is 16.0. The number of aromatic nitrogens is 1. The lowest BCUT2D eigenvalue weighted by molar-refractivity contribution is -0.119. The van der Waals surface area contributed by atoms with Gasteiger partial charge in [-0.25, -0.2) is 0 Å². The molecule has 3 amide bonds. The maximum atomic E-state index is 12.9. The molecule has 2 aromatic rings. The van der Waals surface area contributed by atoms with Gasteiger partial charge in [0.05, 0.1) is 0 Å². The van der Waals surface area contributed by atoms with E-state index in [9.17, 15) is 14.4 Å². The van der Waals surface area contributed by atoms with Crippen LogP contribution in [0.25, 0.3) is 0 Å². The molecule has 7 nitrogen and oxygen atoms in total. The maximum absolute atomic E-state index is 12.9. The third-order valence-electron chi connectivity index (χ3n) is 4.86. The van der Waals surface area contributed by atoms with Crippen molar-refractivity contribution in [3.8, 4) is 0 Å². The number of piperazine rings is 1. The van der Waals surface area contributed by atoms with Crippen LogP contribution in [-0.4, -0.2) is 70.6 Å². The zero-order chi connectivity index (χ0) is 19.9. The van der Waals surface area contributed by atoms with E-state index in [4.69, 9.17) is 0 Å². The van der Waals surface area contributed by atoms with Crippen LogP contribution in [0.1, 0.15) is 33.3 Å². The van der Waals surface area contributed by atoms with E-state index in [1.54, 1.807) is 26.8 Å². The molecule has 3 rings (SSSR count). The predicted molar refractivity (Wildman–Crippen MR) is 105 cm³/mol. The van der Waals surface area contributed by atoms with E-state index in [1.807, 2.05) is 37.3 Å². The highest BCUT2D eigenvalue weighted by atomic mass is 16.2. The van der Waals surface area contributed by atoms with E-state index in [0.717, 1.165) is 12.0 Å². The van der Waals surface area contributed by atoms with E-state index in [-0.39, 0.29) is 17.5 Å². The molecule has 2 heterocycles.